The van der Waals surface area contributed by atoms with Crippen molar-refractivity contribution < 1.29 is 4.79 Å². The predicted molar refractivity (Wildman–Crippen MR) is 102 cm³/mol. The van der Waals surface area contributed by atoms with E-state index in [9.17, 15) is 4.79 Å². The van der Waals surface area contributed by atoms with Gasteiger partial charge in [0, 0.05) is 27.9 Å². The third-order valence-electron chi connectivity index (χ3n) is 4.61. The van der Waals surface area contributed by atoms with Gasteiger partial charge in [-0.25, -0.2) is 0 Å². The van der Waals surface area contributed by atoms with Crippen molar-refractivity contribution >= 4 is 39.3 Å². The minimum atomic E-state index is -0.441. The monoisotopic (exact) mass is 347 g/mol. The van der Waals surface area contributed by atoms with Gasteiger partial charge in [-0.1, -0.05) is 41.9 Å². The number of aromatic nitrogens is 1. The fourth-order valence-electron chi connectivity index (χ4n) is 3.36. The van der Waals surface area contributed by atoms with E-state index in [-0.39, 0.29) is 0 Å². The van der Waals surface area contributed by atoms with Crippen molar-refractivity contribution in [2.24, 2.45) is 5.73 Å². The van der Waals surface area contributed by atoms with Crippen LogP contribution < -0.4 is 5.73 Å². The third kappa shape index (κ3) is 2.57. The Hall–Kier alpha value is -2.78. The Morgan fingerprint density at radius 3 is 2.72 bits per heavy atom. The van der Waals surface area contributed by atoms with Crippen molar-refractivity contribution in [3.05, 3.63) is 82.4 Å². The zero-order valence-corrected chi connectivity index (χ0v) is 14.5. The quantitative estimate of drug-likeness (QED) is 0.573. The lowest BCUT2D eigenvalue weighted by Gasteiger charge is -2.10. The van der Waals surface area contributed by atoms with Gasteiger partial charge in [-0.2, -0.15) is 0 Å². The predicted octanol–water partition coefficient (Wildman–Crippen LogP) is 4.70. The number of nitrogens with two attached hydrogens (primary N) is 1. The Kier molecular flexibility index (Phi) is 3.74. The molecule has 25 heavy (non-hydrogen) atoms. The lowest BCUT2D eigenvalue weighted by Crippen LogP contribution is -2.11. The van der Waals surface area contributed by atoms with Crippen molar-refractivity contribution in [2.75, 3.05) is 0 Å². The zero-order chi connectivity index (χ0) is 17.6. The first kappa shape index (κ1) is 15.7. The summed E-state index contributed by atoms with van der Waals surface area (Å²) in [6.45, 7) is 2.78. The van der Waals surface area contributed by atoms with E-state index in [0.29, 0.717) is 17.1 Å². The molecule has 4 rings (SSSR count). The van der Waals surface area contributed by atoms with Gasteiger partial charge in [-0.05, 0) is 48.4 Å². The van der Waals surface area contributed by atoms with Crippen molar-refractivity contribution in [1.82, 2.24) is 4.57 Å². The van der Waals surface area contributed by atoms with Gasteiger partial charge in [0.2, 0.25) is 5.91 Å². The Bertz CT molecular complexity index is 1130. The highest BCUT2D eigenvalue weighted by atomic mass is 35.5. The number of hydrogen-bond acceptors (Lipinski definition) is 1. The molecule has 3 nitrogen and oxygen atoms in total. The maximum Gasteiger partial charge on any atom is 0.249 e. The molecule has 123 valence electrons. The lowest BCUT2D eigenvalue weighted by molar-refractivity contribution is 0.100. The molecule has 0 aliphatic carbocycles. The summed E-state index contributed by atoms with van der Waals surface area (Å²) in [6, 6.07) is 20.7. The number of rotatable bonds is 3. The molecule has 0 aliphatic rings. The molecule has 1 heterocycles. The molecular formula is C21H16ClN2O. The highest BCUT2D eigenvalue weighted by molar-refractivity contribution is 6.31. The number of aryl methyl sites for hydroxylation is 1. The second-order valence-electron chi connectivity index (χ2n) is 6.15. The van der Waals surface area contributed by atoms with Gasteiger partial charge in [-0.3, -0.25) is 4.79 Å². The van der Waals surface area contributed by atoms with Crippen LogP contribution in [-0.4, -0.2) is 10.5 Å². The summed E-state index contributed by atoms with van der Waals surface area (Å²) in [7, 11) is 0. The van der Waals surface area contributed by atoms with Crippen LogP contribution >= 0.6 is 11.6 Å². The number of fused-ring (bicyclic) bond motifs is 3. The van der Waals surface area contributed by atoms with Gasteiger partial charge in [0.1, 0.15) is 0 Å². The number of benzene rings is 3. The van der Waals surface area contributed by atoms with Gasteiger partial charge in [-0.15, -0.1) is 0 Å². The standard InChI is InChI=1S/C21H16ClN2O/c1-13-5-2-3-6-14(13)12-24-18-8-4-7-17(21(23)25)20(18)16-10-9-15(22)11-19(16)24/h2-9,11H,12H2,1H3,(H2,23,25). The fourth-order valence-corrected chi connectivity index (χ4v) is 3.52. The summed E-state index contributed by atoms with van der Waals surface area (Å²) in [5.41, 5.74) is 10.4. The molecule has 0 saturated heterocycles. The first-order valence-electron chi connectivity index (χ1n) is 8.02. The van der Waals surface area contributed by atoms with Crippen LogP contribution in [0, 0.1) is 13.0 Å². The van der Waals surface area contributed by atoms with E-state index < -0.39 is 5.91 Å². The second kappa shape index (κ2) is 5.94. The molecule has 0 fully saturated rings. The maximum atomic E-state index is 11.9. The van der Waals surface area contributed by atoms with Gasteiger partial charge >= 0.3 is 0 Å². The van der Waals surface area contributed by atoms with E-state index in [4.69, 9.17) is 17.3 Å². The lowest BCUT2D eigenvalue weighted by atomic mass is 10.1. The van der Waals surface area contributed by atoms with Gasteiger partial charge in [0.15, 0.2) is 0 Å². The summed E-state index contributed by atoms with van der Waals surface area (Å²) >= 11 is 6.22. The largest absolute Gasteiger partial charge is 0.366 e. The average molecular weight is 348 g/mol. The van der Waals surface area contributed by atoms with Crippen LogP contribution in [0.2, 0.25) is 5.02 Å². The van der Waals surface area contributed by atoms with Crippen molar-refractivity contribution in [1.29, 1.82) is 0 Å². The van der Waals surface area contributed by atoms with E-state index >= 15 is 0 Å². The number of carbonyl (C=O) groups excluding carboxylic acids is 1. The van der Waals surface area contributed by atoms with Crippen molar-refractivity contribution in [3.63, 3.8) is 0 Å². The Labute approximate surface area is 150 Å². The van der Waals surface area contributed by atoms with Crippen LogP contribution in [0.3, 0.4) is 0 Å². The fraction of sp³-hybridized carbons (Fsp3) is 0.0952. The molecule has 1 aromatic heterocycles. The molecule has 4 heteroatoms. The zero-order valence-electron chi connectivity index (χ0n) is 13.7. The van der Waals surface area contributed by atoms with E-state index in [2.05, 4.69) is 29.7 Å². The minimum Gasteiger partial charge on any atom is -0.366 e. The molecule has 1 amide bonds. The topological polar surface area (TPSA) is 48.0 Å². The molecule has 0 bridgehead atoms. The van der Waals surface area contributed by atoms with Crippen LogP contribution in [0.4, 0.5) is 0 Å². The number of amides is 1. The number of halogens is 1. The molecule has 0 unspecified atom stereocenters. The minimum absolute atomic E-state index is 0.441. The van der Waals surface area contributed by atoms with Crippen molar-refractivity contribution in [3.8, 4) is 0 Å². The highest BCUT2D eigenvalue weighted by Crippen LogP contribution is 2.33. The number of carbonyl (C=O) groups is 1. The van der Waals surface area contributed by atoms with Crippen LogP contribution in [0.15, 0.2) is 54.6 Å². The normalized spacial score (nSPS) is 11.3. The molecule has 0 saturated carbocycles. The molecule has 0 spiro atoms. The molecule has 2 N–H and O–H groups in total. The summed E-state index contributed by atoms with van der Waals surface area (Å²) in [4.78, 5) is 11.9. The molecule has 3 aromatic carbocycles. The van der Waals surface area contributed by atoms with E-state index in [1.807, 2.05) is 30.3 Å². The van der Waals surface area contributed by atoms with Crippen LogP contribution in [0.25, 0.3) is 21.8 Å². The Balaban J connectivity index is 2.08. The summed E-state index contributed by atoms with van der Waals surface area (Å²) < 4.78 is 2.17. The summed E-state index contributed by atoms with van der Waals surface area (Å²) in [6.07, 6.45) is 0. The highest BCUT2D eigenvalue weighted by Gasteiger charge is 2.17. The smallest absolute Gasteiger partial charge is 0.249 e. The summed E-state index contributed by atoms with van der Waals surface area (Å²) in [5.74, 6) is -0.441. The average Bonchev–Trinajstić information content (AvgIpc) is 2.90. The first-order chi connectivity index (χ1) is 12.1. The molecule has 1 radical (unpaired) electrons. The van der Waals surface area contributed by atoms with Crippen LogP contribution in [0.1, 0.15) is 21.5 Å². The van der Waals surface area contributed by atoms with Gasteiger partial charge in [0.05, 0.1) is 11.0 Å². The number of hydrogen-bond donors (Lipinski definition) is 1. The molecule has 0 atom stereocenters. The third-order valence-corrected chi connectivity index (χ3v) is 4.83. The van der Waals surface area contributed by atoms with Crippen LogP contribution in [-0.2, 0) is 6.54 Å². The molecule has 4 aromatic rings. The number of primary amides is 1. The van der Waals surface area contributed by atoms with Crippen molar-refractivity contribution in [2.45, 2.75) is 13.5 Å². The summed E-state index contributed by atoms with van der Waals surface area (Å²) in [5, 5.41) is 2.31. The Morgan fingerprint density at radius 1 is 1.16 bits per heavy atom. The van der Waals surface area contributed by atoms with Gasteiger partial charge in [0.25, 0.3) is 0 Å². The van der Waals surface area contributed by atoms with Crippen LogP contribution in [0.5, 0.6) is 0 Å². The Morgan fingerprint density at radius 2 is 1.96 bits per heavy atom. The van der Waals surface area contributed by atoms with E-state index in [1.165, 1.54) is 11.1 Å². The molecular weight excluding hydrogens is 332 g/mol. The van der Waals surface area contributed by atoms with E-state index in [1.54, 1.807) is 12.1 Å². The SMILES string of the molecule is Cc1ccccc1Cn1c2cc(Cl)c[c]c2c2c(C(N)=O)cccc21. The van der Waals surface area contributed by atoms with E-state index in [0.717, 1.165) is 21.8 Å². The number of nitrogens with zero attached hydrogens (tertiary/aromatic N) is 1. The molecule has 0 aliphatic heterocycles. The first-order valence-corrected chi connectivity index (χ1v) is 8.40. The van der Waals surface area contributed by atoms with Gasteiger partial charge < -0.3 is 10.3 Å². The maximum absolute atomic E-state index is 11.9. The second-order valence-corrected chi connectivity index (χ2v) is 6.59.